The molecular formula is C12H19AlO. The van der Waals surface area contributed by atoms with Crippen molar-refractivity contribution < 1.29 is 4.79 Å². The van der Waals surface area contributed by atoms with E-state index in [2.05, 4.69) is 19.1 Å². The third kappa shape index (κ3) is 4.09. The molecule has 0 heterocycles. The van der Waals surface area contributed by atoms with Crippen molar-refractivity contribution in [1.29, 1.82) is 0 Å². The Morgan fingerprint density at radius 2 is 1.86 bits per heavy atom. The molecule has 76 valence electrons. The molecule has 0 saturated carbocycles. The molecule has 14 heavy (non-hydrogen) atoms. The Morgan fingerprint density at radius 3 is 2.29 bits per heavy atom. The van der Waals surface area contributed by atoms with Crippen molar-refractivity contribution in [3.05, 3.63) is 35.9 Å². The first-order chi connectivity index (χ1) is 6.24. The van der Waals surface area contributed by atoms with Crippen LogP contribution in [0.25, 0.3) is 0 Å². The first kappa shape index (κ1) is 13.4. The quantitative estimate of drug-likeness (QED) is 0.685. The summed E-state index contributed by atoms with van der Waals surface area (Å²) in [7, 11) is 0. The lowest BCUT2D eigenvalue weighted by Crippen LogP contribution is -2.12. The van der Waals surface area contributed by atoms with Crippen molar-refractivity contribution in [2.24, 2.45) is 5.92 Å². The Kier molecular flexibility index (Phi) is 6.53. The number of carbonyl (C=O) groups excluding carboxylic acids is 1. The molecule has 0 spiro atoms. The van der Waals surface area contributed by atoms with Crippen LogP contribution in [0, 0.1) is 5.92 Å². The van der Waals surface area contributed by atoms with Gasteiger partial charge < -0.3 is 0 Å². The van der Waals surface area contributed by atoms with Crippen LogP contribution in [0.3, 0.4) is 0 Å². The van der Waals surface area contributed by atoms with Gasteiger partial charge in [0.2, 0.25) is 0 Å². The van der Waals surface area contributed by atoms with Gasteiger partial charge in [-0.2, -0.15) is 0 Å². The highest BCUT2D eigenvalue weighted by Crippen LogP contribution is 2.12. The molecule has 0 aromatic heterocycles. The van der Waals surface area contributed by atoms with Gasteiger partial charge in [0.15, 0.2) is 17.4 Å². The molecule has 0 aliphatic heterocycles. The van der Waals surface area contributed by atoms with E-state index >= 15 is 0 Å². The fraction of sp³-hybridized carbons (Fsp3) is 0.417. The van der Waals surface area contributed by atoms with E-state index in [-0.39, 0.29) is 23.3 Å². The second kappa shape index (κ2) is 6.81. The van der Waals surface area contributed by atoms with Crippen molar-refractivity contribution in [3.63, 3.8) is 0 Å². The van der Waals surface area contributed by atoms with Crippen LogP contribution in [-0.2, 0) is 11.2 Å². The summed E-state index contributed by atoms with van der Waals surface area (Å²) >= 11 is 0. The summed E-state index contributed by atoms with van der Waals surface area (Å²) in [6, 6.07) is 10.2. The third-order valence-electron chi connectivity index (χ3n) is 2.39. The lowest BCUT2D eigenvalue weighted by atomic mass is 9.94. The summed E-state index contributed by atoms with van der Waals surface area (Å²) in [6.45, 7) is 3.74. The molecule has 0 N–H and O–H groups in total. The van der Waals surface area contributed by atoms with Crippen molar-refractivity contribution in [2.45, 2.75) is 26.7 Å². The molecule has 0 bridgehead atoms. The van der Waals surface area contributed by atoms with Crippen LogP contribution in [0.1, 0.15) is 25.8 Å². The SMILES string of the molecule is CCC(Cc1ccccc1)C(C)=O.[AlH3]. The van der Waals surface area contributed by atoms with Crippen molar-refractivity contribution in [1.82, 2.24) is 0 Å². The van der Waals surface area contributed by atoms with Crippen LogP contribution in [0.2, 0.25) is 0 Å². The zero-order valence-electron chi connectivity index (χ0n) is 8.29. The average Bonchev–Trinajstić information content (AvgIpc) is 2.15. The highest BCUT2D eigenvalue weighted by Gasteiger charge is 2.11. The van der Waals surface area contributed by atoms with Gasteiger partial charge >= 0.3 is 0 Å². The molecule has 1 nitrogen and oxygen atoms in total. The number of carbonyl (C=O) groups is 1. The van der Waals surface area contributed by atoms with E-state index in [9.17, 15) is 4.79 Å². The minimum Gasteiger partial charge on any atom is -0.300 e. The summed E-state index contributed by atoms with van der Waals surface area (Å²) in [5.41, 5.74) is 1.25. The number of Topliss-reactive ketones (excluding diaryl/α,β-unsaturated/α-hetero) is 1. The standard InChI is InChI=1S/C12H16O.Al.3H/c1-3-12(10(2)13)9-11-7-5-4-6-8-11;;;;/h4-8,12H,3,9H2,1-2H3;;;;. The van der Waals surface area contributed by atoms with Crippen LogP contribution < -0.4 is 0 Å². The Labute approximate surface area is 96.7 Å². The zero-order valence-corrected chi connectivity index (χ0v) is 8.29. The van der Waals surface area contributed by atoms with E-state index in [4.69, 9.17) is 0 Å². The Morgan fingerprint density at radius 1 is 1.29 bits per heavy atom. The van der Waals surface area contributed by atoms with Gasteiger partial charge in [-0.15, -0.1) is 0 Å². The molecule has 2 heteroatoms. The van der Waals surface area contributed by atoms with Crippen molar-refractivity contribution >= 4 is 23.1 Å². The van der Waals surface area contributed by atoms with E-state index in [1.54, 1.807) is 6.92 Å². The summed E-state index contributed by atoms with van der Waals surface area (Å²) in [4.78, 5) is 11.2. The molecular weight excluding hydrogens is 187 g/mol. The molecule has 0 radical (unpaired) electrons. The summed E-state index contributed by atoms with van der Waals surface area (Å²) in [5.74, 6) is 0.494. The Balaban J connectivity index is 0.00000169. The predicted molar refractivity (Wildman–Crippen MR) is 64.5 cm³/mol. The van der Waals surface area contributed by atoms with Gasteiger partial charge in [0, 0.05) is 5.92 Å². The molecule has 1 rings (SSSR count). The highest BCUT2D eigenvalue weighted by molar-refractivity contribution is 5.78. The van der Waals surface area contributed by atoms with Gasteiger partial charge in [-0.3, -0.25) is 4.79 Å². The van der Waals surface area contributed by atoms with Gasteiger partial charge in [0.1, 0.15) is 5.78 Å². The van der Waals surface area contributed by atoms with Gasteiger partial charge in [-0.25, -0.2) is 0 Å². The molecule has 1 aromatic rings. The molecule has 0 amide bonds. The number of hydrogen-bond donors (Lipinski definition) is 0. The fourth-order valence-electron chi connectivity index (χ4n) is 1.47. The van der Waals surface area contributed by atoms with Gasteiger partial charge in [-0.1, -0.05) is 37.3 Å². The number of ketones is 1. The van der Waals surface area contributed by atoms with Crippen LogP contribution >= 0.6 is 0 Å². The molecule has 1 atom stereocenters. The number of hydrogen-bond acceptors (Lipinski definition) is 1. The van der Waals surface area contributed by atoms with E-state index < -0.39 is 0 Å². The number of benzene rings is 1. The van der Waals surface area contributed by atoms with Crippen LogP contribution in [0.5, 0.6) is 0 Å². The van der Waals surface area contributed by atoms with Crippen LogP contribution in [0.15, 0.2) is 30.3 Å². The lowest BCUT2D eigenvalue weighted by molar-refractivity contribution is -0.120. The van der Waals surface area contributed by atoms with Crippen LogP contribution in [0.4, 0.5) is 0 Å². The normalized spacial score (nSPS) is 11.6. The average molecular weight is 206 g/mol. The van der Waals surface area contributed by atoms with E-state index in [1.807, 2.05) is 18.2 Å². The van der Waals surface area contributed by atoms with E-state index in [0.717, 1.165) is 12.8 Å². The molecule has 0 fully saturated rings. The lowest BCUT2D eigenvalue weighted by Gasteiger charge is -2.10. The third-order valence-corrected chi connectivity index (χ3v) is 2.39. The predicted octanol–water partition coefficient (Wildman–Crippen LogP) is 1.66. The first-order valence-electron chi connectivity index (χ1n) is 4.78. The first-order valence-corrected chi connectivity index (χ1v) is 4.78. The molecule has 1 unspecified atom stereocenters. The summed E-state index contributed by atoms with van der Waals surface area (Å²) in [6.07, 6.45) is 1.82. The topological polar surface area (TPSA) is 17.1 Å². The largest absolute Gasteiger partial charge is 0.300 e. The van der Waals surface area contributed by atoms with Gasteiger partial charge in [-0.05, 0) is 25.3 Å². The minimum atomic E-state index is 0. The molecule has 0 aliphatic carbocycles. The Hall–Kier alpha value is -0.578. The van der Waals surface area contributed by atoms with Crippen molar-refractivity contribution in [2.75, 3.05) is 0 Å². The maximum absolute atomic E-state index is 11.2. The maximum Gasteiger partial charge on any atom is 0.187 e. The fourth-order valence-corrected chi connectivity index (χ4v) is 1.47. The monoisotopic (exact) mass is 206 g/mol. The Bertz CT molecular complexity index is 269. The second-order valence-electron chi connectivity index (χ2n) is 3.41. The smallest absolute Gasteiger partial charge is 0.187 e. The maximum atomic E-state index is 11.2. The van der Waals surface area contributed by atoms with E-state index in [1.165, 1.54) is 5.56 Å². The highest BCUT2D eigenvalue weighted by atomic mass is 27.0. The molecule has 1 aromatic carbocycles. The minimum absolute atomic E-state index is 0. The summed E-state index contributed by atoms with van der Waals surface area (Å²) < 4.78 is 0. The van der Waals surface area contributed by atoms with Gasteiger partial charge in [0.05, 0.1) is 0 Å². The van der Waals surface area contributed by atoms with E-state index in [0.29, 0.717) is 5.78 Å². The molecule has 0 saturated heterocycles. The summed E-state index contributed by atoms with van der Waals surface area (Å²) in [5, 5.41) is 0. The second-order valence-corrected chi connectivity index (χ2v) is 3.41. The number of rotatable bonds is 4. The zero-order chi connectivity index (χ0) is 9.68. The van der Waals surface area contributed by atoms with Crippen molar-refractivity contribution in [3.8, 4) is 0 Å². The van der Waals surface area contributed by atoms with Crippen LogP contribution in [-0.4, -0.2) is 23.1 Å². The van der Waals surface area contributed by atoms with Gasteiger partial charge in [0.25, 0.3) is 0 Å². The molecule has 0 aliphatic rings.